The van der Waals surface area contributed by atoms with E-state index >= 15 is 0 Å². The number of rotatable bonds is 0. The van der Waals surface area contributed by atoms with Gasteiger partial charge in [0.25, 0.3) is 0 Å². The van der Waals surface area contributed by atoms with Gasteiger partial charge in [-0.1, -0.05) is 0 Å². The maximum absolute atomic E-state index is 9.12. The van der Waals surface area contributed by atoms with Gasteiger partial charge in [-0.2, -0.15) is 0 Å². The summed E-state index contributed by atoms with van der Waals surface area (Å²) in [7, 11) is -3.82. The average Bonchev–Trinajstić information content (AvgIpc) is 0.722. The standard InChI is InChI=1S/HO3S.Pd/c1-4(2)3;/h(H,1,2,3);. The zero-order chi connectivity index (χ0) is 4.50. The molecule has 0 radical (unpaired) electrons. The van der Waals surface area contributed by atoms with Gasteiger partial charge < -0.3 is 0 Å². The molecular formula is HO3PdS. The molecule has 0 aromatic carbocycles. The van der Waals surface area contributed by atoms with Gasteiger partial charge >= 0.3 is 38.9 Å². The predicted molar refractivity (Wildman–Crippen MR) is 11.5 cm³/mol. The summed E-state index contributed by atoms with van der Waals surface area (Å²) in [5.74, 6) is 0. The van der Waals surface area contributed by atoms with E-state index in [1.165, 1.54) is 0 Å². The van der Waals surface area contributed by atoms with Crippen LogP contribution in [0.1, 0.15) is 0 Å². The average molecular weight is 187 g/mol. The Bertz CT molecular complexity index is 90.1. The second kappa shape index (κ2) is 1.35. The molecule has 5 heavy (non-hydrogen) atoms. The second-order valence-corrected chi connectivity index (χ2v) is 3.55. The topological polar surface area (TPSA) is 54.4 Å². The Labute approximate surface area is 39.3 Å². The molecule has 1 N–H and O–H groups in total. The van der Waals surface area contributed by atoms with Gasteiger partial charge in [-0.05, 0) is 0 Å². The summed E-state index contributed by atoms with van der Waals surface area (Å²) >= 11 is 1.67. The van der Waals surface area contributed by atoms with Gasteiger partial charge in [0.1, 0.15) is 0 Å². The zero-order valence-electron chi connectivity index (χ0n) is 1.99. The fourth-order valence-electron chi connectivity index (χ4n) is 0. The van der Waals surface area contributed by atoms with E-state index in [0.29, 0.717) is 0 Å². The van der Waals surface area contributed by atoms with Crippen LogP contribution in [0.4, 0.5) is 0 Å². The van der Waals surface area contributed by atoms with E-state index in [1.54, 1.807) is 17.9 Å². The molecule has 0 bridgehead atoms. The van der Waals surface area contributed by atoms with Crippen LogP contribution in [0.15, 0.2) is 0 Å². The molecule has 0 saturated heterocycles. The van der Waals surface area contributed by atoms with Gasteiger partial charge in [-0.15, -0.1) is 0 Å². The summed E-state index contributed by atoms with van der Waals surface area (Å²) in [6, 6.07) is 0. The molecule has 0 atom stereocenters. The first-order chi connectivity index (χ1) is 2.00. The molecule has 0 aliphatic carbocycles. The Balaban J connectivity index is 4.06. The van der Waals surface area contributed by atoms with E-state index in [2.05, 4.69) is 0 Å². The van der Waals surface area contributed by atoms with Crippen LogP contribution in [0.3, 0.4) is 0 Å². The molecule has 0 fully saturated rings. The van der Waals surface area contributed by atoms with Crippen molar-refractivity contribution in [2.75, 3.05) is 0 Å². The van der Waals surface area contributed by atoms with E-state index in [9.17, 15) is 0 Å². The van der Waals surface area contributed by atoms with Crippen LogP contribution in [0.25, 0.3) is 0 Å². The van der Waals surface area contributed by atoms with Crippen molar-refractivity contribution in [2.24, 2.45) is 0 Å². The summed E-state index contributed by atoms with van der Waals surface area (Å²) in [4.78, 5) is 0. The van der Waals surface area contributed by atoms with Crippen molar-refractivity contribution in [2.45, 2.75) is 0 Å². The monoisotopic (exact) mass is 187 g/mol. The fourth-order valence-corrected chi connectivity index (χ4v) is 0. The first-order valence-electron chi connectivity index (χ1n) is 0.645. The summed E-state index contributed by atoms with van der Waals surface area (Å²) in [6.45, 7) is 0. The van der Waals surface area contributed by atoms with E-state index < -0.39 is 7.94 Å². The molecule has 0 aliphatic heterocycles. The Morgan fingerprint density at radius 2 is 1.60 bits per heavy atom. The van der Waals surface area contributed by atoms with Crippen LogP contribution in [-0.4, -0.2) is 13.0 Å². The number of hydrogen-bond donors (Lipinski definition) is 1. The quantitative estimate of drug-likeness (QED) is 0.405. The normalized spacial score (nSPS) is 11.8. The molecule has 0 aliphatic rings. The van der Waals surface area contributed by atoms with Crippen LogP contribution >= 0.6 is 0 Å². The molecule has 0 aromatic heterocycles. The molecule has 0 unspecified atom stereocenters. The fraction of sp³-hybridized carbons (Fsp3) is 0. The SMILES string of the molecule is O=[S](=O)(O)[Pd]. The minimum atomic E-state index is -3.82. The van der Waals surface area contributed by atoms with Gasteiger partial charge in [0.05, 0.1) is 0 Å². The minimum absolute atomic E-state index is 1.67. The maximum atomic E-state index is 9.12. The molecule has 3 nitrogen and oxygen atoms in total. The van der Waals surface area contributed by atoms with Crippen LogP contribution in [-0.2, 0) is 25.9 Å². The molecule has 0 saturated carbocycles. The van der Waals surface area contributed by atoms with Gasteiger partial charge in [0.15, 0.2) is 0 Å². The van der Waals surface area contributed by atoms with Crippen LogP contribution in [0, 0.1) is 0 Å². The van der Waals surface area contributed by atoms with Crippen molar-refractivity contribution >= 4 is 7.94 Å². The Morgan fingerprint density at radius 1 is 1.60 bits per heavy atom. The zero-order valence-corrected chi connectivity index (χ0v) is 4.36. The van der Waals surface area contributed by atoms with Gasteiger partial charge in [-0.25, -0.2) is 0 Å². The molecule has 0 heterocycles. The Hall–Kier alpha value is 0.572. The predicted octanol–water partition coefficient (Wildman–Crippen LogP) is -0.664. The molecule has 0 amide bonds. The molecule has 0 rings (SSSR count). The molecular weight excluding hydrogens is 186 g/mol. The third-order valence-electron chi connectivity index (χ3n) is 0. The molecule has 0 aromatic rings. The van der Waals surface area contributed by atoms with Crippen LogP contribution in [0.2, 0.25) is 0 Å². The van der Waals surface area contributed by atoms with Crippen molar-refractivity contribution in [3.8, 4) is 0 Å². The molecule has 5 heteroatoms. The first kappa shape index (κ1) is 5.57. The number of hydrogen-bond acceptors (Lipinski definition) is 2. The third-order valence-corrected chi connectivity index (χ3v) is 0. The van der Waals surface area contributed by atoms with E-state index in [4.69, 9.17) is 13.0 Å². The summed E-state index contributed by atoms with van der Waals surface area (Å²) in [6.07, 6.45) is 0. The van der Waals surface area contributed by atoms with Crippen LogP contribution in [0.5, 0.6) is 0 Å². The summed E-state index contributed by atoms with van der Waals surface area (Å²) in [5.41, 5.74) is 0. The van der Waals surface area contributed by atoms with E-state index in [1.807, 2.05) is 0 Å². The Morgan fingerprint density at radius 3 is 1.60 bits per heavy atom. The van der Waals surface area contributed by atoms with Gasteiger partial charge in [0.2, 0.25) is 0 Å². The molecule has 35 valence electrons. The first-order valence-corrected chi connectivity index (χ1v) is 3.84. The van der Waals surface area contributed by atoms with Crippen molar-refractivity contribution in [3.05, 3.63) is 0 Å². The van der Waals surface area contributed by atoms with Crippen molar-refractivity contribution in [1.29, 1.82) is 0 Å². The second-order valence-electron chi connectivity index (χ2n) is 0.380. The molecule has 0 spiro atoms. The van der Waals surface area contributed by atoms with Crippen molar-refractivity contribution in [1.82, 2.24) is 0 Å². The van der Waals surface area contributed by atoms with Gasteiger partial charge in [-0.3, -0.25) is 0 Å². The Kier molecular flexibility index (Phi) is 1.51. The third kappa shape index (κ3) is 92.4. The van der Waals surface area contributed by atoms with E-state index in [0.717, 1.165) is 0 Å². The summed E-state index contributed by atoms with van der Waals surface area (Å²) in [5, 5.41) is 0. The summed E-state index contributed by atoms with van der Waals surface area (Å²) < 4.78 is 25.7. The van der Waals surface area contributed by atoms with Crippen molar-refractivity contribution in [3.63, 3.8) is 0 Å². The van der Waals surface area contributed by atoms with Gasteiger partial charge in [0, 0.05) is 0 Å². The van der Waals surface area contributed by atoms with Crippen LogP contribution < -0.4 is 0 Å². The van der Waals surface area contributed by atoms with E-state index in [-0.39, 0.29) is 0 Å². The van der Waals surface area contributed by atoms with Crippen molar-refractivity contribution < 1.29 is 30.9 Å².